The van der Waals surface area contributed by atoms with Gasteiger partial charge in [-0.2, -0.15) is 0 Å². The Morgan fingerprint density at radius 1 is 1.47 bits per heavy atom. The molecule has 5 heteroatoms. The van der Waals surface area contributed by atoms with Gasteiger partial charge in [-0.25, -0.2) is 0 Å². The van der Waals surface area contributed by atoms with Crippen molar-refractivity contribution in [3.63, 3.8) is 0 Å². The molecule has 2 aliphatic rings. The van der Waals surface area contributed by atoms with Crippen LogP contribution in [0.1, 0.15) is 23.8 Å². The number of carbonyl (C=O) groups excluding carboxylic acids is 1. The average molecular weight is 280 g/mol. The number of rotatable bonds is 5. The minimum atomic E-state index is 0.231. The van der Waals surface area contributed by atoms with E-state index in [1.54, 1.807) is 11.3 Å². The maximum absolute atomic E-state index is 11.8. The molecule has 3 rings (SSSR count). The van der Waals surface area contributed by atoms with Gasteiger partial charge < -0.3 is 10.1 Å². The van der Waals surface area contributed by atoms with Gasteiger partial charge in [0, 0.05) is 30.4 Å². The SMILES string of the molecule is O=C(NC[C@@H](c1cccs1)N1CCOCC1)C1CC1. The Hall–Kier alpha value is -0.910. The zero-order valence-corrected chi connectivity index (χ0v) is 11.8. The van der Waals surface area contributed by atoms with Crippen molar-refractivity contribution in [2.45, 2.75) is 18.9 Å². The molecule has 1 atom stereocenters. The molecule has 1 aromatic rings. The standard InChI is InChI=1S/C14H20N2O2S/c17-14(11-3-4-11)15-10-12(13-2-1-9-19-13)16-5-7-18-8-6-16/h1-2,9,11-12H,3-8,10H2,(H,15,17)/t12-/m0/s1. The molecule has 1 aliphatic carbocycles. The fourth-order valence-corrected chi connectivity index (χ4v) is 3.33. The molecule has 1 amide bonds. The Morgan fingerprint density at radius 3 is 2.89 bits per heavy atom. The molecule has 1 N–H and O–H groups in total. The highest BCUT2D eigenvalue weighted by Crippen LogP contribution is 2.30. The largest absolute Gasteiger partial charge is 0.379 e. The summed E-state index contributed by atoms with van der Waals surface area (Å²) in [7, 11) is 0. The second-order valence-electron chi connectivity index (χ2n) is 5.20. The fourth-order valence-electron chi connectivity index (χ4n) is 2.47. The lowest BCUT2D eigenvalue weighted by molar-refractivity contribution is -0.122. The molecule has 0 spiro atoms. The quantitative estimate of drug-likeness (QED) is 0.891. The summed E-state index contributed by atoms with van der Waals surface area (Å²) < 4.78 is 5.42. The number of carbonyl (C=O) groups is 1. The minimum Gasteiger partial charge on any atom is -0.379 e. The van der Waals surface area contributed by atoms with Gasteiger partial charge in [0.15, 0.2) is 0 Å². The lowest BCUT2D eigenvalue weighted by atomic mass is 10.2. The van der Waals surface area contributed by atoms with Crippen molar-refractivity contribution in [1.29, 1.82) is 0 Å². The number of hydrogen-bond donors (Lipinski definition) is 1. The van der Waals surface area contributed by atoms with E-state index in [0.717, 1.165) is 45.7 Å². The number of thiophene rings is 1. The van der Waals surface area contributed by atoms with Crippen LogP contribution in [0.15, 0.2) is 17.5 Å². The normalized spacial score (nSPS) is 22.1. The molecule has 1 aromatic heterocycles. The Bertz CT molecular complexity index is 411. The monoisotopic (exact) mass is 280 g/mol. The molecule has 0 bridgehead atoms. The van der Waals surface area contributed by atoms with Crippen molar-refractivity contribution in [1.82, 2.24) is 10.2 Å². The van der Waals surface area contributed by atoms with Crippen molar-refractivity contribution in [2.75, 3.05) is 32.8 Å². The van der Waals surface area contributed by atoms with E-state index >= 15 is 0 Å². The van der Waals surface area contributed by atoms with Gasteiger partial charge in [-0.15, -0.1) is 11.3 Å². The Kier molecular flexibility index (Phi) is 4.15. The molecule has 1 aliphatic heterocycles. The zero-order chi connectivity index (χ0) is 13.1. The Balaban J connectivity index is 1.63. The van der Waals surface area contributed by atoms with Gasteiger partial charge in [0.25, 0.3) is 0 Å². The maximum atomic E-state index is 11.8. The second kappa shape index (κ2) is 6.03. The van der Waals surface area contributed by atoms with E-state index < -0.39 is 0 Å². The maximum Gasteiger partial charge on any atom is 0.223 e. The van der Waals surface area contributed by atoms with Crippen LogP contribution in [-0.4, -0.2) is 43.7 Å². The summed E-state index contributed by atoms with van der Waals surface area (Å²) in [5.74, 6) is 0.517. The second-order valence-corrected chi connectivity index (χ2v) is 6.18. The molecule has 0 aromatic carbocycles. The number of nitrogens with zero attached hydrogens (tertiary/aromatic N) is 1. The fraction of sp³-hybridized carbons (Fsp3) is 0.643. The van der Waals surface area contributed by atoms with Gasteiger partial charge in [-0.3, -0.25) is 9.69 Å². The van der Waals surface area contributed by atoms with Crippen molar-refractivity contribution in [3.8, 4) is 0 Å². The molecular formula is C14H20N2O2S. The third-order valence-electron chi connectivity index (χ3n) is 3.78. The molecule has 2 heterocycles. The molecule has 19 heavy (non-hydrogen) atoms. The zero-order valence-electron chi connectivity index (χ0n) is 11.0. The van der Waals surface area contributed by atoms with E-state index in [1.807, 2.05) is 0 Å². The number of nitrogens with one attached hydrogen (secondary N) is 1. The summed E-state index contributed by atoms with van der Waals surface area (Å²) in [5, 5.41) is 5.22. The number of amides is 1. The highest BCUT2D eigenvalue weighted by Gasteiger charge is 2.31. The predicted octanol–water partition coefficient (Wildman–Crippen LogP) is 1.65. The molecule has 2 fully saturated rings. The van der Waals surface area contributed by atoms with Crippen LogP contribution in [0.2, 0.25) is 0 Å². The van der Waals surface area contributed by atoms with Crippen LogP contribution in [-0.2, 0) is 9.53 Å². The van der Waals surface area contributed by atoms with Crippen molar-refractivity contribution >= 4 is 17.2 Å². The van der Waals surface area contributed by atoms with Gasteiger partial charge in [-0.1, -0.05) is 6.07 Å². The molecule has 0 radical (unpaired) electrons. The van der Waals surface area contributed by atoms with Gasteiger partial charge in [0.1, 0.15) is 0 Å². The van der Waals surface area contributed by atoms with Crippen LogP contribution >= 0.6 is 11.3 Å². The van der Waals surface area contributed by atoms with Crippen LogP contribution in [0.5, 0.6) is 0 Å². The van der Waals surface area contributed by atoms with Crippen LogP contribution < -0.4 is 5.32 Å². The van der Waals surface area contributed by atoms with E-state index in [9.17, 15) is 4.79 Å². The van der Waals surface area contributed by atoms with Crippen molar-refractivity contribution < 1.29 is 9.53 Å². The third-order valence-corrected chi connectivity index (χ3v) is 4.75. The van der Waals surface area contributed by atoms with Crippen molar-refractivity contribution in [3.05, 3.63) is 22.4 Å². The predicted molar refractivity (Wildman–Crippen MR) is 75.2 cm³/mol. The molecule has 104 valence electrons. The number of morpholine rings is 1. The first-order valence-electron chi connectivity index (χ1n) is 6.97. The molecule has 0 unspecified atom stereocenters. The summed E-state index contributed by atoms with van der Waals surface area (Å²) in [6.07, 6.45) is 2.13. The topological polar surface area (TPSA) is 41.6 Å². The van der Waals surface area contributed by atoms with Crippen LogP contribution in [0, 0.1) is 5.92 Å². The Morgan fingerprint density at radius 2 is 2.26 bits per heavy atom. The first-order chi connectivity index (χ1) is 9.34. The summed E-state index contributed by atoms with van der Waals surface area (Å²) in [5.41, 5.74) is 0. The minimum absolute atomic E-state index is 0.231. The first kappa shape index (κ1) is 13.1. The first-order valence-corrected chi connectivity index (χ1v) is 7.85. The smallest absolute Gasteiger partial charge is 0.223 e. The van der Waals surface area contributed by atoms with Crippen LogP contribution in [0.25, 0.3) is 0 Å². The number of hydrogen-bond acceptors (Lipinski definition) is 4. The van der Waals surface area contributed by atoms with E-state index in [1.165, 1.54) is 4.88 Å². The average Bonchev–Trinajstić information content (AvgIpc) is 3.17. The molecule has 1 saturated carbocycles. The van der Waals surface area contributed by atoms with Gasteiger partial charge in [0.2, 0.25) is 5.91 Å². The van der Waals surface area contributed by atoms with E-state index in [2.05, 4.69) is 27.7 Å². The van der Waals surface area contributed by atoms with Crippen molar-refractivity contribution in [2.24, 2.45) is 5.92 Å². The lowest BCUT2D eigenvalue weighted by Gasteiger charge is -2.34. The highest BCUT2D eigenvalue weighted by atomic mass is 32.1. The number of ether oxygens (including phenoxy) is 1. The molecule has 4 nitrogen and oxygen atoms in total. The summed E-state index contributed by atoms with van der Waals surface area (Å²) >= 11 is 1.77. The summed E-state index contributed by atoms with van der Waals surface area (Å²) in [6, 6.07) is 4.54. The van der Waals surface area contributed by atoms with Crippen LogP contribution in [0.4, 0.5) is 0 Å². The Labute approximate surface area is 117 Å². The third kappa shape index (κ3) is 3.35. The van der Waals surface area contributed by atoms with Crippen LogP contribution in [0.3, 0.4) is 0 Å². The van der Waals surface area contributed by atoms with E-state index in [0.29, 0.717) is 6.04 Å². The van der Waals surface area contributed by atoms with E-state index in [-0.39, 0.29) is 11.8 Å². The molecular weight excluding hydrogens is 260 g/mol. The summed E-state index contributed by atoms with van der Waals surface area (Å²) in [6.45, 7) is 4.19. The van der Waals surface area contributed by atoms with Gasteiger partial charge in [0.05, 0.1) is 19.3 Å². The lowest BCUT2D eigenvalue weighted by Crippen LogP contribution is -2.43. The highest BCUT2D eigenvalue weighted by molar-refractivity contribution is 7.10. The van der Waals surface area contributed by atoms with E-state index in [4.69, 9.17) is 4.74 Å². The van der Waals surface area contributed by atoms with Gasteiger partial charge >= 0.3 is 0 Å². The molecule has 1 saturated heterocycles. The van der Waals surface area contributed by atoms with Gasteiger partial charge in [-0.05, 0) is 24.3 Å². The summed E-state index contributed by atoms with van der Waals surface area (Å²) in [4.78, 5) is 15.6.